The predicted molar refractivity (Wildman–Crippen MR) is 249 cm³/mol. The molecule has 0 spiro atoms. The molecule has 14 rings (SSSR count). The fraction of sp³-hybridized carbons (Fsp3) is 0. The molecule has 4 nitrogen and oxygen atoms in total. The van der Waals surface area contributed by atoms with Gasteiger partial charge in [0.15, 0.2) is 0 Å². The Labute approximate surface area is 340 Å². The summed E-state index contributed by atoms with van der Waals surface area (Å²) in [6.07, 6.45) is 0. The maximum Gasteiger partial charge on any atom is 0.333 e. The van der Waals surface area contributed by atoms with Crippen LogP contribution in [0.5, 0.6) is 0 Å². The van der Waals surface area contributed by atoms with Crippen LogP contribution in [0.2, 0.25) is 0 Å². The van der Waals surface area contributed by atoms with Crippen molar-refractivity contribution in [3.05, 3.63) is 200 Å². The summed E-state index contributed by atoms with van der Waals surface area (Å²) in [6, 6.07) is 74.3. The van der Waals surface area contributed by atoms with Crippen molar-refractivity contribution >= 4 is 100 Å². The lowest BCUT2D eigenvalue weighted by molar-refractivity contribution is 1.16. The third-order valence-electron chi connectivity index (χ3n) is 13.2. The Kier molecular flexibility index (Phi) is 6.07. The van der Waals surface area contributed by atoms with Crippen molar-refractivity contribution in [2.24, 2.45) is 0 Å². The minimum Gasteiger partial charge on any atom is -0.375 e. The highest BCUT2D eigenvalue weighted by molar-refractivity contribution is 6.90. The zero-order chi connectivity index (χ0) is 38.3. The molecule has 0 amide bonds. The fourth-order valence-electron chi connectivity index (χ4n) is 10.9. The van der Waals surface area contributed by atoms with Crippen LogP contribution in [0.4, 0.5) is 17.1 Å². The van der Waals surface area contributed by atoms with Crippen molar-refractivity contribution in [2.75, 3.05) is 4.90 Å². The molecule has 2 aliphatic rings. The molecular formula is C54H33BN4. The summed E-state index contributed by atoms with van der Waals surface area (Å²) >= 11 is 0. The van der Waals surface area contributed by atoms with Gasteiger partial charge in [0.1, 0.15) is 0 Å². The molecule has 0 unspecified atom stereocenters. The summed E-state index contributed by atoms with van der Waals surface area (Å²) in [4.78, 5) is 2.54. The molecule has 0 aliphatic carbocycles. The van der Waals surface area contributed by atoms with Crippen molar-refractivity contribution in [3.63, 3.8) is 0 Å². The summed E-state index contributed by atoms with van der Waals surface area (Å²) in [6.45, 7) is -0.0494. The first-order chi connectivity index (χ1) is 29.3. The molecule has 9 aromatic carbocycles. The molecule has 12 aromatic rings. The van der Waals surface area contributed by atoms with Crippen molar-refractivity contribution < 1.29 is 0 Å². The summed E-state index contributed by atoms with van der Waals surface area (Å²) in [7, 11) is 0. The van der Waals surface area contributed by atoms with Crippen LogP contribution in [0.1, 0.15) is 0 Å². The average molecular weight is 749 g/mol. The molecule has 0 atom stereocenters. The van der Waals surface area contributed by atoms with E-state index in [0.29, 0.717) is 0 Å². The minimum absolute atomic E-state index is 0.0494. The van der Waals surface area contributed by atoms with Gasteiger partial charge in [0, 0.05) is 77.4 Å². The third kappa shape index (κ3) is 4.04. The van der Waals surface area contributed by atoms with Crippen LogP contribution in [-0.2, 0) is 0 Å². The van der Waals surface area contributed by atoms with Crippen LogP contribution in [0.3, 0.4) is 0 Å². The SMILES string of the molecule is c1ccc(N2c3cc(-n4c5ccccc5c5ccccc54)ccc3B3c4c(cc(-n5c6ccccc6c6ccccc65)cc42)-c2cccc4c5ccccc5n3c24)cc1. The van der Waals surface area contributed by atoms with Gasteiger partial charge in [-0.1, -0.05) is 133 Å². The van der Waals surface area contributed by atoms with Crippen LogP contribution < -0.4 is 15.8 Å². The number of hydrogen-bond donors (Lipinski definition) is 0. The number of rotatable bonds is 3. The van der Waals surface area contributed by atoms with Gasteiger partial charge in [-0.3, -0.25) is 0 Å². The number of hydrogen-bond acceptors (Lipinski definition) is 1. The Hall–Kier alpha value is -7.76. The monoisotopic (exact) mass is 748 g/mol. The minimum atomic E-state index is -0.0494. The molecule has 0 N–H and O–H groups in total. The highest BCUT2D eigenvalue weighted by Crippen LogP contribution is 2.47. The first-order valence-corrected chi connectivity index (χ1v) is 20.5. The zero-order valence-electron chi connectivity index (χ0n) is 31.9. The fourth-order valence-corrected chi connectivity index (χ4v) is 10.9. The largest absolute Gasteiger partial charge is 0.375 e. The summed E-state index contributed by atoms with van der Waals surface area (Å²) in [5.41, 5.74) is 18.3. The van der Waals surface area contributed by atoms with E-state index in [1.165, 1.54) is 98.8 Å². The molecule has 0 fully saturated rings. The third-order valence-corrected chi connectivity index (χ3v) is 13.2. The van der Waals surface area contributed by atoms with Crippen LogP contribution >= 0.6 is 0 Å². The van der Waals surface area contributed by atoms with E-state index in [1.807, 2.05) is 0 Å². The Bertz CT molecular complexity index is 3650. The van der Waals surface area contributed by atoms with E-state index in [-0.39, 0.29) is 6.85 Å². The zero-order valence-corrected chi connectivity index (χ0v) is 31.9. The van der Waals surface area contributed by atoms with Gasteiger partial charge in [-0.15, -0.1) is 0 Å². The highest BCUT2D eigenvalue weighted by Gasteiger charge is 2.43. The molecular weight excluding hydrogens is 715 g/mol. The van der Waals surface area contributed by atoms with Gasteiger partial charge in [-0.2, -0.15) is 0 Å². The predicted octanol–water partition coefficient (Wildman–Crippen LogP) is 12.4. The molecule has 272 valence electrons. The van der Waals surface area contributed by atoms with Crippen LogP contribution in [0.15, 0.2) is 200 Å². The number of fused-ring (bicyclic) bond motifs is 13. The van der Waals surface area contributed by atoms with Crippen molar-refractivity contribution in [1.82, 2.24) is 13.6 Å². The smallest absolute Gasteiger partial charge is 0.333 e. The van der Waals surface area contributed by atoms with Crippen LogP contribution in [0, 0.1) is 0 Å². The van der Waals surface area contributed by atoms with E-state index in [9.17, 15) is 0 Å². The molecule has 0 bridgehead atoms. The number of benzene rings is 9. The number of nitrogens with zero attached hydrogens (tertiary/aromatic N) is 4. The van der Waals surface area contributed by atoms with Gasteiger partial charge >= 0.3 is 6.85 Å². The quantitative estimate of drug-likeness (QED) is 0.165. The highest BCUT2D eigenvalue weighted by atomic mass is 15.2. The number of aromatic nitrogens is 3. The second kappa shape index (κ2) is 11.4. The van der Waals surface area contributed by atoms with Gasteiger partial charge < -0.3 is 18.5 Å². The molecule has 2 aliphatic heterocycles. The lowest BCUT2D eigenvalue weighted by Crippen LogP contribution is -2.56. The summed E-state index contributed by atoms with van der Waals surface area (Å²) < 4.78 is 7.57. The molecule has 5 heterocycles. The molecule has 0 saturated carbocycles. The van der Waals surface area contributed by atoms with E-state index < -0.39 is 0 Å². The molecule has 59 heavy (non-hydrogen) atoms. The Balaban J connectivity index is 1.15. The number of para-hydroxylation sites is 7. The first kappa shape index (κ1) is 31.3. The normalized spacial score (nSPS) is 13.0. The summed E-state index contributed by atoms with van der Waals surface area (Å²) in [5, 5.41) is 7.62. The Morgan fingerprint density at radius 3 is 1.42 bits per heavy atom. The first-order valence-electron chi connectivity index (χ1n) is 20.5. The maximum absolute atomic E-state index is 2.65. The lowest BCUT2D eigenvalue weighted by atomic mass is 9.45. The van der Waals surface area contributed by atoms with Gasteiger partial charge in [-0.05, 0) is 83.2 Å². The van der Waals surface area contributed by atoms with Gasteiger partial charge in [-0.25, -0.2) is 0 Å². The van der Waals surface area contributed by atoms with Gasteiger partial charge in [0.05, 0.1) is 22.1 Å². The Morgan fingerprint density at radius 1 is 0.322 bits per heavy atom. The lowest BCUT2D eigenvalue weighted by Gasteiger charge is -2.41. The van der Waals surface area contributed by atoms with E-state index in [4.69, 9.17) is 0 Å². The molecule has 0 saturated heterocycles. The molecule has 0 radical (unpaired) electrons. The maximum atomic E-state index is 2.65. The Morgan fingerprint density at radius 2 is 0.814 bits per heavy atom. The van der Waals surface area contributed by atoms with Crippen molar-refractivity contribution in [2.45, 2.75) is 0 Å². The van der Waals surface area contributed by atoms with Gasteiger partial charge in [0.25, 0.3) is 0 Å². The second-order valence-corrected chi connectivity index (χ2v) is 16.1. The summed E-state index contributed by atoms with van der Waals surface area (Å²) in [5.74, 6) is 0. The van der Waals surface area contributed by atoms with Gasteiger partial charge in [0.2, 0.25) is 0 Å². The molecule has 3 aromatic heterocycles. The number of anilines is 3. The van der Waals surface area contributed by atoms with Crippen molar-refractivity contribution in [1.29, 1.82) is 0 Å². The molecule has 5 heteroatoms. The second-order valence-electron chi connectivity index (χ2n) is 16.1. The van der Waals surface area contributed by atoms with Crippen LogP contribution in [0.25, 0.3) is 87.9 Å². The van der Waals surface area contributed by atoms with E-state index in [2.05, 4.69) is 219 Å². The average Bonchev–Trinajstić information content (AvgIpc) is 3.94. The van der Waals surface area contributed by atoms with Crippen LogP contribution in [-0.4, -0.2) is 20.5 Å². The van der Waals surface area contributed by atoms with E-state index in [0.717, 1.165) is 17.1 Å². The standard InChI is InChI=1S/C54H33BN4/c1-2-15-34(16-3-1)56-51-32-35(57-46-24-9-4-17-37(46)38-18-5-10-25-47(38)57)29-30-45(51)55-53-44(43-23-14-22-42-41-21-8-13-28-50(41)59(55)54(42)43)31-36(33-52(53)56)58-48-26-11-6-19-39(48)40-20-7-12-27-49(40)58/h1-33H. The topological polar surface area (TPSA) is 18.0 Å². The van der Waals surface area contributed by atoms with E-state index in [1.54, 1.807) is 0 Å². The van der Waals surface area contributed by atoms with Crippen molar-refractivity contribution in [3.8, 4) is 22.5 Å². The van der Waals surface area contributed by atoms with E-state index >= 15 is 0 Å².